The van der Waals surface area contributed by atoms with Crippen LogP contribution >= 0.6 is 0 Å². The predicted octanol–water partition coefficient (Wildman–Crippen LogP) is 3.87. The average molecular weight is 270 g/mol. The van der Waals surface area contributed by atoms with E-state index in [0.717, 1.165) is 23.6 Å². The van der Waals surface area contributed by atoms with Crippen LogP contribution in [-0.4, -0.2) is 4.57 Å². The van der Waals surface area contributed by atoms with Crippen LogP contribution in [0.5, 0.6) is 0 Å². The van der Waals surface area contributed by atoms with Gasteiger partial charge in [-0.05, 0) is 30.4 Å². The molecule has 3 nitrogen and oxygen atoms in total. The summed E-state index contributed by atoms with van der Waals surface area (Å²) in [6.45, 7) is 0. The van der Waals surface area contributed by atoms with Gasteiger partial charge in [-0.2, -0.15) is 0 Å². The van der Waals surface area contributed by atoms with Gasteiger partial charge in [0.2, 0.25) is 0 Å². The molecule has 1 aliphatic rings. The lowest BCUT2D eigenvalue weighted by Crippen LogP contribution is -2.27. The highest BCUT2D eigenvalue weighted by Gasteiger charge is 2.17. The van der Waals surface area contributed by atoms with Gasteiger partial charge in [-0.15, -0.1) is 0 Å². The fourth-order valence-corrected chi connectivity index (χ4v) is 3.36. The molecule has 3 heteroatoms. The van der Waals surface area contributed by atoms with Crippen molar-refractivity contribution in [1.82, 2.24) is 4.57 Å². The molecule has 1 aliphatic carbocycles. The Balaban J connectivity index is 2.07. The predicted molar refractivity (Wildman–Crippen MR) is 84.0 cm³/mol. The van der Waals surface area contributed by atoms with Crippen LogP contribution in [-0.2, 0) is 0 Å². The number of nitrogens with two attached hydrogens (primary N) is 1. The van der Waals surface area contributed by atoms with Crippen molar-refractivity contribution in [2.24, 2.45) is 0 Å². The summed E-state index contributed by atoms with van der Waals surface area (Å²) >= 11 is 0. The molecule has 2 N–H and O–H groups in total. The first-order chi connectivity index (χ1) is 9.77. The van der Waals surface area contributed by atoms with Gasteiger partial charge in [-0.1, -0.05) is 50.3 Å². The van der Waals surface area contributed by atoms with Gasteiger partial charge >= 0.3 is 0 Å². The van der Waals surface area contributed by atoms with Crippen LogP contribution in [0.15, 0.2) is 35.1 Å². The number of hydrogen-bond donors (Lipinski definition) is 1. The SMILES string of the molecule is Nc1cc2ccccc2c(=O)n1C1CCCCCCC1. The first-order valence-electron chi connectivity index (χ1n) is 7.67. The molecule has 0 spiro atoms. The Hall–Kier alpha value is -1.77. The maximum Gasteiger partial charge on any atom is 0.260 e. The van der Waals surface area contributed by atoms with E-state index in [2.05, 4.69) is 0 Å². The lowest BCUT2D eigenvalue weighted by atomic mass is 9.96. The second-order valence-corrected chi connectivity index (χ2v) is 5.83. The van der Waals surface area contributed by atoms with E-state index in [1.165, 1.54) is 32.1 Å². The first-order valence-corrected chi connectivity index (χ1v) is 7.67. The molecule has 0 radical (unpaired) electrons. The highest BCUT2D eigenvalue weighted by atomic mass is 16.1. The van der Waals surface area contributed by atoms with Crippen LogP contribution in [0.3, 0.4) is 0 Å². The third-order valence-corrected chi connectivity index (χ3v) is 4.43. The Labute approximate surface area is 119 Å². The second kappa shape index (κ2) is 5.70. The second-order valence-electron chi connectivity index (χ2n) is 5.83. The van der Waals surface area contributed by atoms with Crippen LogP contribution in [0.1, 0.15) is 51.0 Å². The molecule has 2 aromatic rings. The minimum Gasteiger partial charge on any atom is -0.385 e. The fourth-order valence-electron chi connectivity index (χ4n) is 3.36. The Morgan fingerprint density at radius 2 is 1.65 bits per heavy atom. The van der Waals surface area contributed by atoms with Gasteiger partial charge in [0.15, 0.2) is 0 Å². The molecule has 0 unspecified atom stereocenters. The van der Waals surface area contributed by atoms with Crippen molar-refractivity contribution in [3.05, 3.63) is 40.7 Å². The maximum atomic E-state index is 12.7. The Bertz CT molecular complexity index is 652. The largest absolute Gasteiger partial charge is 0.385 e. The van der Waals surface area contributed by atoms with Crippen LogP contribution in [0.4, 0.5) is 5.82 Å². The fraction of sp³-hybridized carbons (Fsp3) is 0.471. The van der Waals surface area contributed by atoms with Gasteiger partial charge in [0, 0.05) is 11.4 Å². The number of fused-ring (bicyclic) bond motifs is 1. The van der Waals surface area contributed by atoms with Gasteiger partial charge in [0.1, 0.15) is 5.82 Å². The topological polar surface area (TPSA) is 48.0 Å². The van der Waals surface area contributed by atoms with Gasteiger partial charge in [0.05, 0.1) is 0 Å². The maximum absolute atomic E-state index is 12.7. The van der Waals surface area contributed by atoms with Crippen molar-refractivity contribution in [2.45, 2.75) is 51.0 Å². The number of nitrogen functional groups attached to an aromatic ring is 1. The van der Waals surface area contributed by atoms with E-state index in [1.807, 2.05) is 34.9 Å². The molecule has 1 fully saturated rings. The van der Waals surface area contributed by atoms with Crippen LogP contribution in [0.25, 0.3) is 10.8 Å². The number of benzene rings is 1. The standard InChI is InChI=1S/C17H22N2O/c18-16-12-13-8-6-7-11-15(13)17(20)19(16)14-9-4-2-1-3-5-10-14/h6-8,11-12,14H,1-5,9-10,18H2. The van der Waals surface area contributed by atoms with Gasteiger partial charge in [0.25, 0.3) is 5.56 Å². The molecule has 0 amide bonds. The zero-order chi connectivity index (χ0) is 13.9. The molecule has 0 atom stereocenters. The summed E-state index contributed by atoms with van der Waals surface area (Å²) in [6, 6.07) is 9.93. The normalized spacial score (nSPS) is 17.8. The van der Waals surface area contributed by atoms with Crippen LogP contribution < -0.4 is 11.3 Å². The number of pyridine rings is 1. The van der Waals surface area contributed by atoms with E-state index in [1.54, 1.807) is 0 Å². The molecule has 3 rings (SSSR count). The molecule has 0 bridgehead atoms. The number of rotatable bonds is 1. The number of nitrogens with zero attached hydrogens (tertiary/aromatic N) is 1. The Kier molecular flexibility index (Phi) is 3.77. The van der Waals surface area contributed by atoms with Crippen LogP contribution in [0, 0.1) is 0 Å². The molecule has 1 aromatic carbocycles. The van der Waals surface area contributed by atoms with E-state index in [-0.39, 0.29) is 11.6 Å². The monoisotopic (exact) mass is 270 g/mol. The quantitative estimate of drug-likeness (QED) is 0.855. The van der Waals surface area contributed by atoms with E-state index in [4.69, 9.17) is 5.73 Å². The van der Waals surface area contributed by atoms with E-state index < -0.39 is 0 Å². The third-order valence-electron chi connectivity index (χ3n) is 4.43. The minimum absolute atomic E-state index is 0.0752. The Morgan fingerprint density at radius 3 is 2.40 bits per heavy atom. The van der Waals surface area contributed by atoms with Crippen molar-refractivity contribution in [2.75, 3.05) is 5.73 Å². The Morgan fingerprint density at radius 1 is 1.00 bits per heavy atom. The zero-order valence-corrected chi connectivity index (χ0v) is 11.8. The molecule has 106 valence electrons. The van der Waals surface area contributed by atoms with Crippen molar-refractivity contribution in [3.8, 4) is 0 Å². The molecule has 1 aromatic heterocycles. The zero-order valence-electron chi connectivity index (χ0n) is 11.8. The lowest BCUT2D eigenvalue weighted by molar-refractivity contribution is 0.369. The number of hydrogen-bond acceptors (Lipinski definition) is 2. The third kappa shape index (κ3) is 2.45. The minimum atomic E-state index is 0.0752. The van der Waals surface area contributed by atoms with Gasteiger partial charge in [-0.25, -0.2) is 0 Å². The summed E-state index contributed by atoms with van der Waals surface area (Å²) in [7, 11) is 0. The van der Waals surface area contributed by atoms with Crippen molar-refractivity contribution in [3.63, 3.8) is 0 Å². The number of aromatic nitrogens is 1. The van der Waals surface area contributed by atoms with Crippen molar-refractivity contribution >= 4 is 16.6 Å². The highest BCUT2D eigenvalue weighted by molar-refractivity contribution is 5.83. The van der Waals surface area contributed by atoms with E-state index in [0.29, 0.717) is 5.82 Å². The highest BCUT2D eigenvalue weighted by Crippen LogP contribution is 2.28. The van der Waals surface area contributed by atoms with Crippen LogP contribution in [0.2, 0.25) is 0 Å². The van der Waals surface area contributed by atoms with Crippen molar-refractivity contribution in [1.29, 1.82) is 0 Å². The summed E-state index contributed by atoms with van der Waals surface area (Å²) in [5.41, 5.74) is 6.25. The summed E-state index contributed by atoms with van der Waals surface area (Å²) in [4.78, 5) is 12.7. The van der Waals surface area contributed by atoms with E-state index >= 15 is 0 Å². The van der Waals surface area contributed by atoms with Crippen molar-refractivity contribution < 1.29 is 0 Å². The molecular formula is C17H22N2O. The summed E-state index contributed by atoms with van der Waals surface area (Å²) in [6.07, 6.45) is 8.42. The number of anilines is 1. The molecule has 1 saturated carbocycles. The summed E-state index contributed by atoms with van der Waals surface area (Å²) in [5, 5.41) is 1.72. The summed E-state index contributed by atoms with van der Waals surface area (Å²) in [5.74, 6) is 0.610. The first kappa shape index (κ1) is 13.2. The molecule has 1 heterocycles. The smallest absolute Gasteiger partial charge is 0.260 e. The molecular weight excluding hydrogens is 248 g/mol. The van der Waals surface area contributed by atoms with Gasteiger partial charge in [-0.3, -0.25) is 9.36 Å². The van der Waals surface area contributed by atoms with Gasteiger partial charge < -0.3 is 5.73 Å². The molecule has 0 saturated heterocycles. The molecule has 20 heavy (non-hydrogen) atoms. The average Bonchev–Trinajstić information content (AvgIpc) is 2.40. The van der Waals surface area contributed by atoms with E-state index in [9.17, 15) is 4.79 Å². The summed E-state index contributed by atoms with van der Waals surface area (Å²) < 4.78 is 1.84. The molecule has 0 aliphatic heterocycles. The lowest BCUT2D eigenvalue weighted by Gasteiger charge is -2.24.